The second kappa shape index (κ2) is 3.59. The molecule has 1 unspecified atom stereocenters. The van der Waals surface area contributed by atoms with Gasteiger partial charge in [-0.15, -0.1) is 0 Å². The zero-order valence-electron chi connectivity index (χ0n) is 8.66. The van der Waals surface area contributed by atoms with Gasteiger partial charge in [0.2, 0.25) is 0 Å². The largest absolute Gasteiger partial charge is 0.374 e. The molecule has 1 aromatic rings. The maximum absolute atomic E-state index is 5.06. The summed E-state index contributed by atoms with van der Waals surface area (Å²) < 4.78 is 0. The van der Waals surface area contributed by atoms with Crippen LogP contribution < -0.4 is 10.8 Å². The number of anilines is 1. The third kappa shape index (κ3) is 1.49. The van der Waals surface area contributed by atoms with Gasteiger partial charge in [-0.2, -0.15) is 0 Å². The highest BCUT2D eigenvalue weighted by Crippen LogP contribution is 2.35. The summed E-state index contributed by atoms with van der Waals surface area (Å²) in [6.07, 6.45) is 0. The Morgan fingerprint density at radius 3 is 3.07 bits per heavy atom. The Morgan fingerprint density at radius 1 is 1.57 bits per heavy atom. The number of nitrogens with zero attached hydrogens (tertiary/aromatic N) is 1. The SMILES string of the molecule is CC1CN(C)c2ccc(CON)cc21. The highest BCUT2D eigenvalue weighted by atomic mass is 16.6. The Morgan fingerprint density at radius 2 is 2.36 bits per heavy atom. The number of hydrogen-bond acceptors (Lipinski definition) is 3. The van der Waals surface area contributed by atoms with Gasteiger partial charge in [0.25, 0.3) is 0 Å². The number of hydrogen-bond donors (Lipinski definition) is 1. The van der Waals surface area contributed by atoms with Crippen LogP contribution in [0.2, 0.25) is 0 Å². The van der Waals surface area contributed by atoms with Gasteiger partial charge in [-0.25, -0.2) is 5.90 Å². The topological polar surface area (TPSA) is 38.5 Å². The zero-order valence-corrected chi connectivity index (χ0v) is 8.66. The maximum Gasteiger partial charge on any atom is 0.0930 e. The maximum atomic E-state index is 5.06. The number of likely N-dealkylation sites (N-methyl/N-ethyl adjacent to an activating group) is 1. The van der Waals surface area contributed by atoms with Crippen LogP contribution in [0.15, 0.2) is 18.2 Å². The van der Waals surface area contributed by atoms with E-state index in [2.05, 4.69) is 41.9 Å². The molecule has 0 aromatic heterocycles. The predicted molar refractivity (Wildman–Crippen MR) is 57.1 cm³/mol. The first-order valence-corrected chi connectivity index (χ1v) is 4.88. The van der Waals surface area contributed by atoms with Crippen LogP contribution in [0.3, 0.4) is 0 Å². The molecule has 0 radical (unpaired) electrons. The first kappa shape index (κ1) is 9.49. The summed E-state index contributed by atoms with van der Waals surface area (Å²) in [6, 6.07) is 6.41. The summed E-state index contributed by atoms with van der Waals surface area (Å²) in [4.78, 5) is 6.92. The molecular formula is C11H16N2O. The zero-order chi connectivity index (χ0) is 10.1. The van der Waals surface area contributed by atoms with E-state index < -0.39 is 0 Å². The normalized spacial score (nSPS) is 19.9. The van der Waals surface area contributed by atoms with Crippen LogP contribution in [0, 0.1) is 0 Å². The second-order valence-corrected chi connectivity index (χ2v) is 3.99. The molecule has 0 fully saturated rings. The second-order valence-electron chi connectivity index (χ2n) is 3.99. The molecule has 1 heterocycles. The number of nitrogens with two attached hydrogens (primary N) is 1. The van der Waals surface area contributed by atoms with Gasteiger partial charge in [0, 0.05) is 25.2 Å². The molecule has 3 heteroatoms. The van der Waals surface area contributed by atoms with E-state index in [-0.39, 0.29) is 0 Å². The van der Waals surface area contributed by atoms with Gasteiger partial charge >= 0.3 is 0 Å². The molecular weight excluding hydrogens is 176 g/mol. The van der Waals surface area contributed by atoms with Crippen molar-refractivity contribution >= 4 is 5.69 Å². The minimum absolute atomic E-state index is 0.490. The van der Waals surface area contributed by atoms with Crippen molar-refractivity contribution in [2.75, 3.05) is 18.5 Å². The van der Waals surface area contributed by atoms with Crippen molar-refractivity contribution in [3.63, 3.8) is 0 Å². The Hall–Kier alpha value is -1.06. The van der Waals surface area contributed by atoms with Crippen LogP contribution in [-0.2, 0) is 11.4 Å². The van der Waals surface area contributed by atoms with Crippen LogP contribution in [-0.4, -0.2) is 13.6 Å². The number of benzene rings is 1. The van der Waals surface area contributed by atoms with E-state index >= 15 is 0 Å². The Balaban J connectivity index is 2.35. The van der Waals surface area contributed by atoms with Crippen LogP contribution in [0.1, 0.15) is 24.0 Å². The lowest BCUT2D eigenvalue weighted by atomic mass is 10.0. The van der Waals surface area contributed by atoms with Crippen LogP contribution >= 0.6 is 0 Å². The number of rotatable bonds is 2. The fourth-order valence-corrected chi connectivity index (χ4v) is 2.14. The van der Waals surface area contributed by atoms with E-state index in [4.69, 9.17) is 5.90 Å². The lowest BCUT2D eigenvalue weighted by Crippen LogP contribution is -2.13. The Kier molecular flexibility index (Phi) is 2.44. The quantitative estimate of drug-likeness (QED) is 0.724. The summed E-state index contributed by atoms with van der Waals surface area (Å²) in [5.41, 5.74) is 3.88. The molecule has 1 aliphatic rings. The molecule has 3 nitrogen and oxygen atoms in total. The Labute approximate surface area is 84.4 Å². The monoisotopic (exact) mass is 192 g/mol. The van der Waals surface area contributed by atoms with Gasteiger partial charge in [0.15, 0.2) is 0 Å². The molecule has 0 saturated carbocycles. The van der Waals surface area contributed by atoms with Crippen molar-refractivity contribution < 1.29 is 4.84 Å². The van der Waals surface area contributed by atoms with Gasteiger partial charge in [0.05, 0.1) is 6.61 Å². The Bertz CT molecular complexity index is 338. The van der Waals surface area contributed by atoms with Crippen LogP contribution in [0.25, 0.3) is 0 Å². The molecule has 0 amide bonds. The van der Waals surface area contributed by atoms with Crippen molar-refractivity contribution in [3.05, 3.63) is 29.3 Å². The third-order valence-electron chi connectivity index (χ3n) is 2.83. The van der Waals surface area contributed by atoms with E-state index in [1.807, 2.05) is 0 Å². The van der Waals surface area contributed by atoms with Crippen molar-refractivity contribution in [1.29, 1.82) is 0 Å². The third-order valence-corrected chi connectivity index (χ3v) is 2.83. The minimum atomic E-state index is 0.490. The predicted octanol–water partition coefficient (Wildman–Crippen LogP) is 1.63. The van der Waals surface area contributed by atoms with Crippen molar-refractivity contribution in [2.45, 2.75) is 19.4 Å². The van der Waals surface area contributed by atoms with Crippen molar-refractivity contribution in [2.24, 2.45) is 5.90 Å². The average molecular weight is 192 g/mol. The minimum Gasteiger partial charge on any atom is -0.374 e. The van der Waals surface area contributed by atoms with Gasteiger partial charge in [-0.05, 0) is 17.2 Å². The molecule has 1 aromatic carbocycles. The fourth-order valence-electron chi connectivity index (χ4n) is 2.14. The van der Waals surface area contributed by atoms with Crippen LogP contribution in [0.5, 0.6) is 0 Å². The van der Waals surface area contributed by atoms with Crippen molar-refractivity contribution in [1.82, 2.24) is 0 Å². The lowest BCUT2D eigenvalue weighted by molar-refractivity contribution is 0.124. The van der Waals surface area contributed by atoms with E-state index in [9.17, 15) is 0 Å². The number of fused-ring (bicyclic) bond motifs is 1. The molecule has 1 atom stereocenters. The van der Waals surface area contributed by atoms with E-state index in [1.54, 1.807) is 0 Å². The summed E-state index contributed by atoms with van der Waals surface area (Å²) in [7, 11) is 2.13. The van der Waals surface area contributed by atoms with Gasteiger partial charge in [0.1, 0.15) is 0 Å². The average Bonchev–Trinajstić information content (AvgIpc) is 2.43. The molecule has 76 valence electrons. The molecule has 0 aliphatic carbocycles. The summed E-state index contributed by atoms with van der Waals surface area (Å²) >= 11 is 0. The fraction of sp³-hybridized carbons (Fsp3) is 0.455. The van der Waals surface area contributed by atoms with Gasteiger partial charge in [-0.1, -0.05) is 19.1 Å². The standard InChI is InChI=1S/C11H16N2O/c1-8-6-13(2)11-4-3-9(7-14-12)5-10(8)11/h3-5,8H,6-7,12H2,1-2H3. The van der Waals surface area contributed by atoms with Gasteiger partial charge in [-0.3, -0.25) is 4.84 Å². The highest BCUT2D eigenvalue weighted by molar-refractivity contribution is 5.60. The van der Waals surface area contributed by atoms with E-state index in [1.165, 1.54) is 11.3 Å². The first-order valence-electron chi connectivity index (χ1n) is 4.88. The van der Waals surface area contributed by atoms with E-state index in [0.29, 0.717) is 12.5 Å². The summed E-state index contributed by atoms with van der Waals surface area (Å²) in [6.45, 7) is 3.83. The van der Waals surface area contributed by atoms with Gasteiger partial charge < -0.3 is 4.90 Å². The molecule has 14 heavy (non-hydrogen) atoms. The summed E-state index contributed by atoms with van der Waals surface area (Å²) in [5, 5.41) is 0. The molecule has 0 bridgehead atoms. The lowest BCUT2D eigenvalue weighted by Gasteiger charge is -2.11. The molecule has 0 saturated heterocycles. The van der Waals surface area contributed by atoms with E-state index in [0.717, 1.165) is 12.1 Å². The van der Waals surface area contributed by atoms with Crippen molar-refractivity contribution in [3.8, 4) is 0 Å². The molecule has 2 rings (SSSR count). The molecule has 1 aliphatic heterocycles. The van der Waals surface area contributed by atoms with Crippen LogP contribution in [0.4, 0.5) is 5.69 Å². The highest BCUT2D eigenvalue weighted by Gasteiger charge is 2.22. The molecule has 2 N–H and O–H groups in total. The first-order chi connectivity index (χ1) is 6.72. The summed E-state index contributed by atoms with van der Waals surface area (Å²) in [5.74, 6) is 5.66. The molecule has 0 spiro atoms. The smallest absolute Gasteiger partial charge is 0.0930 e.